The molecule has 0 radical (unpaired) electrons. The molecule has 2 saturated heterocycles. The number of methoxy groups -OCH3 is 1. The van der Waals surface area contributed by atoms with E-state index in [1.807, 2.05) is 13.0 Å². The molecular formula is C28H41NO4. The number of esters is 1. The Morgan fingerprint density at radius 1 is 1.12 bits per heavy atom. The van der Waals surface area contributed by atoms with E-state index in [-0.39, 0.29) is 34.7 Å². The van der Waals surface area contributed by atoms with Gasteiger partial charge in [0.2, 0.25) is 0 Å². The highest BCUT2D eigenvalue weighted by Crippen LogP contribution is 2.68. The summed E-state index contributed by atoms with van der Waals surface area (Å²) >= 11 is 0. The topological polar surface area (TPSA) is 55.8 Å². The molecule has 0 spiro atoms. The molecule has 33 heavy (non-hydrogen) atoms. The lowest BCUT2D eigenvalue weighted by Crippen LogP contribution is -2.78. The maximum absolute atomic E-state index is 13.9. The van der Waals surface area contributed by atoms with Gasteiger partial charge in [0.1, 0.15) is 11.2 Å². The van der Waals surface area contributed by atoms with Crippen molar-refractivity contribution in [1.82, 2.24) is 4.90 Å². The maximum Gasteiger partial charge on any atom is 0.321 e. The van der Waals surface area contributed by atoms with Crippen LogP contribution in [0.1, 0.15) is 83.8 Å². The lowest BCUT2D eigenvalue weighted by Gasteiger charge is -2.71. The molecule has 0 N–H and O–H groups in total. The SMILES string of the molecule is CCCCCCC(=O)C1(C(=O)OCC)C[C@]2(C)C3Cc4ccc(OC)cc4[C@]2(C)CC1N3C. The second kappa shape index (κ2) is 8.72. The van der Waals surface area contributed by atoms with Crippen LogP contribution < -0.4 is 4.74 Å². The molecule has 4 bridgehead atoms. The summed E-state index contributed by atoms with van der Waals surface area (Å²) in [7, 11) is 3.83. The van der Waals surface area contributed by atoms with Crippen LogP contribution >= 0.6 is 0 Å². The molecular weight excluding hydrogens is 414 g/mol. The fourth-order valence-electron chi connectivity index (χ4n) is 7.50. The Morgan fingerprint density at radius 2 is 1.88 bits per heavy atom. The van der Waals surface area contributed by atoms with Crippen LogP contribution in [0, 0.1) is 10.8 Å². The van der Waals surface area contributed by atoms with Gasteiger partial charge in [0.15, 0.2) is 5.78 Å². The van der Waals surface area contributed by atoms with Gasteiger partial charge in [-0.1, -0.05) is 46.1 Å². The van der Waals surface area contributed by atoms with E-state index >= 15 is 0 Å². The third kappa shape index (κ3) is 3.37. The average Bonchev–Trinajstić information content (AvgIpc) is 2.79. The van der Waals surface area contributed by atoms with Crippen LogP contribution in [0.4, 0.5) is 0 Å². The minimum absolute atomic E-state index is 0.0899. The summed E-state index contributed by atoms with van der Waals surface area (Å²) in [6.45, 7) is 8.96. The van der Waals surface area contributed by atoms with Gasteiger partial charge in [-0.15, -0.1) is 0 Å². The lowest BCUT2D eigenvalue weighted by molar-refractivity contribution is -0.208. The Balaban J connectivity index is 1.78. The Bertz CT molecular complexity index is 928. The van der Waals surface area contributed by atoms with Gasteiger partial charge < -0.3 is 9.47 Å². The average molecular weight is 456 g/mol. The Morgan fingerprint density at radius 3 is 2.55 bits per heavy atom. The van der Waals surface area contributed by atoms with Crippen LogP contribution in [0.15, 0.2) is 18.2 Å². The third-order valence-corrected chi connectivity index (χ3v) is 9.52. The number of unbranched alkanes of at least 4 members (excludes halogenated alkanes) is 3. The number of Topliss-reactive ketones (excluding diaryl/α,β-unsaturated/α-hetero) is 1. The maximum atomic E-state index is 13.9. The predicted molar refractivity (Wildman–Crippen MR) is 130 cm³/mol. The first kappa shape index (κ1) is 24.3. The molecule has 1 aromatic rings. The molecule has 182 valence electrons. The zero-order chi connectivity index (χ0) is 24.0. The predicted octanol–water partition coefficient (Wildman–Crippen LogP) is 5.08. The Kier molecular flexibility index (Phi) is 6.41. The highest BCUT2D eigenvalue weighted by atomic mass is 16.5. The van der Waals surface area contributed by atoms with Crippen molar-refractivity contribution in [3.05, 3.63) is 29.3 Å². The normalized spacial score (nSPS) is 34.6. The fourth-order valence-corrected chi connectivity index (χ4v) is 7.50. The molecule has 4 aliphatic rings. The van der Waals surface area contributed by atoms with Gasteiger partial charge in [-0.25, -0.2) is 0 Å². The number of piperidine rings is 2. The number of hydrogen-bond acceptors (Lipinski definition) is 5. The van der Waals surface area contributed by atoms with Crippen LogP contribution in [0.3, 0.4) is 0 Å². The first-order chi connectivity index (χ1) is 15.7. The van der Waals surface area contributed by atoms with Crippen molar-refractivity contribution < 1.29 is 19.1 Å². The van der Waals surface area contributed by atoms with Gasteiger partial charge in [-0.2, -0.15) is 0 Å². The monoisotopic (exact) mass is 455 g/mol. The molecule has 5 atom stereocenters. The number of carbonyl (C=O) groups is 2. The number of rotatable bonds is 9. The van der Waals surface area contributed by atoms with Crippen molar-refractivity contribution in [2.45, 2.75) is 96.6 Å². The van der Waals surface area contributed by atoms with Gasteiger partial charge in [0, 0.05) is 23.9 Å². The first-order valence-corrected chi connectivity index (χ1v) is 12.8. The number of hydrogen-bond donors (Lipinski definition) is 0. The molecule has 3 unspecified atom stereocenters. The van der Waals surface area contributed by atoms with E-state index in [9.17, 15) is 9.59 Å². The summed E-state index contributed by atoms with van der Waals surface area (Å²) in [4.78, 5) is 29.9. The van der Waals surface area contributed by atoms with Crippen molar-refractivity contribution in [1.29, 1.82) is 0 Å². The zero-order valence-corrected chi connectivity index (χ0v) is 21.3. The fraction of sp³-hybridized carbons (Fsp3) is 0.714. The van der Waals surface area contributed by atoms with Crippen molar-refractivity contribution in [2.24, 2.45) is 10.8 Å². The third-order valence-electron chi connectivity index (χ3n) is 9.52. The second-order valence-corrected chi connectivity index (χ2v) is 11.0. The first-order valence-electron chi connectivity index (χ1n) is 12.8. The number of likely N-dealkylation sites (N-methyl/N-ethyl adjacent to an activating group) is 1. The molecule has 1 saturated carbocycles. The molecule has 5 nitrogen and oxygen atoms in total. The second-order valence-electron chi connectivity index (χ2n) is 11.0. The van der Waals surface area contributed by atoms with Gasteiger partial charge in [-0.05, 0) is 68.3 Å². The van der Waals surface area contributed by atoms with Crippen molar-refractivity contribution in [3.8, 4) is 5.75 Å². The van der Waals surface area contributed by atoms with Gasteiger partial charge in [0.05, 0.1) is 13.7 Å². The van der Waals surface area contributed by atoms with E-state index in [0.717, 1.165) is 44.3 Å². The van der Waals surface area contributed by atoms with Crippen LogP contribution in [0.2, 0.25) is 0 Å². The smallest absolute Gasteiger partial charge is 0.321 e. The van der Waals surface area contributed by atoms with E-state index < -0.39 is 5.41 Å². The van der Waals surface area contributed by atoms with Crippen molar-refractivity contribution in [3.63, 3.8) is 0 Å². The summed E-state index contributed by atoms with van der Waals surface area (Å²) in [6, 6.07) is 6.58. The van der Waals surface area contributed by atoms with Crippen LogP contribution in [0.5, 0.6) is 5.75 Å². The Labute approximate surface area is 199 Å². The van der Waals surface area contributed by atoms with Crippen LogP contribution in [-0.2, 0) is 26.2 Å². The molecule has 1 aromatic carbocycles. The quantitative estimate of drug-likeness (QED) is 0.295. The van der Waals surface area contributed by atoms with Gasteiger partial charge in [0.25, 0.3) is 0 Å². The molecule has 2 aliphatic carbocycles. The number of fused-ring (bicyclic) bond motifs is 2. The van der Waals surface area contributed by atoms with Crippen molar-refractivity contribution >= 4 is 11.8 Å². The summed E-state index contributed by atoms with van der Waals surface area (Å²) in [5.74, 6) is 0.656. The molecule has 0 aromatic heterocycles. The van der Waals surface area contributed by atoms with E-state index in [2.05, 4.69) is 44.9 Å². The molecule has 3 fully saturated rings. The summed E-state index contributed by atoms with van der Waals surface area (Å²) in [5.41, 5.74) is 1.27. The lowest BCUT2D eigenvalue weighted by atomic mass is 9.39. The molecule has 2 heterocycles. The number of carbonyl (C=O) groups excluding carboxylic acids is 2. The highest BCUT2D eigenvalue weighted by Gasteiger charge is 2.73. The van der Waals surface area contributed by atoms with E-state index in [1.54, 1.807) is 7.11 Å². The minimum Gasteiger partial charge on any atom is -0.497 e. The van der Waals surface area contributed by atoms with Gasteiger partial charge in [-0.3, -0.25) is 14.5 Å². The molecule has 5 heteroatoms. The Hall–Kier alpha value is -1.88. The zero-order valence-electron chi connectivity index (χ0n) is 21.3. The molecule has 2 aliphatic heterocycles. The molecule has 5 rings (SSSR count). The molecule has 0 amide bonds. The van der Waals surface area contributed by atoms with Crippen LogP contribution in [0.25, 0.3) is 0 Å². The minimum atomic E-state index is -1.07. The number of ketones is 1. The largest absolute Gasteiger partial charge is 0.497 e. The van der Waals surface area contributed by atoms with Crippen LogP contribution in [-0.4, -0.2) is 49.5 Å². The van der Waals surface area contributed by atoms with E-state index in [0.29, 0.717) is 19.4 Å². The highest BCUT2D eigenvalue weighted by molar-refractivity contribution is 6.05. The van der Waals surface area contributed by atoms with Gasteiger partial charge >= 0.3 is 5.97 Å². The number of ether oxygens (including phenoxy) is 2. The summed E-state index contributed by atoms with van der Waals surface area (Å²) in [5, 5.41) is 0. The van der Waals surface area contributed by atoms with E-state index in [1.165, 1.54) is 11.1 Å². The number of benzene rings is 1. The summed E-state index contributed by atoms with van der Waals surface area (Å²) in [6.07, 6.45) is 6.87. The van der Waals surface area contributed by atoms with E-state index in [4.69, 9.17) is 9.47 Å². The van der Waals surface area contributed by atoms with Crippen molar-refractivity contribution in [2.75, 3.05) is 20.8 Å². The number of nitrogens with zero attached hydrogens (tertiary/aromatic N) is 1. The summed E-state index contributed by atoms with van der Waals surface area (Å²) < 4.78 is 11.2. The standard InChI is InChI=1S/C28H41NO4/c1-7-9-10-11-12-24(30)28(25(31)33-8-2)18-27(4)22-15-19-13-14-20(32-6)16-21(19)26(27,3)17-23(28)29(22)5/h13-14,16,22-23H,7-12,15,17-18H2,1-6H3/t22?,23?,26-,27+,28?/m0/s1.